The van der Waals surface area contributed by atoms with Crippen molar-refractivity contribution in [1.29, 1.82) is 0 Å². The summed E-state index contributed by atoms with van der Waals surface area (Å²) < 4.78 is 46.2. The minimum absolute atomic E-state index is 0.0811. The first-order chi connectivity index (χ1) is 25.0. The zero-order valence-electron chi connectivity index (χ0n) is 30.6. The average molecular weight is 725 g/mol. The summed E-state index contributed by atoms with van der Waals surface area (Å²) in [4.78, 5) is 30.9. The number of nitrogens with two attached hydrogens (primary N) is 2. The topological polar surface area (TPSA) is 166 Å². The van der Waals surface area contributed by atoms with Gasteiger partial charge in [0.25, 0.3) is 11.8 Å². The second-order valence-corrected chi connectivity index (χ2v) is 14.5. The number of amides is 2. The molecule has 52 heavy (non-hydrogen) atoms. The Morgan fingerprint density at radius 3 is 1.73 bits per heavy atom. The third kappa shape index (κ3) is 8.20. The van der Waals surface area contributed by atoms with Gasteiger partial charge < -0.3 is 59.2 Å². The van der Waals surface area contributed by atoms with Crippen molar-refractivity contribution >= 4 is 23.2 Å². The normalized spacial score (nSPS) is 22.0. The van der Waals surface area contributed by atoms with E-state index in [4.69, 9.17) is 49.4 Å². The molecule has 284 valence electrons. The highest BCUT2D eigenvalue weighted by molar-refractivity contribution is 6.01. The first-order valence-electron chi connectivity index (χ1n) is 17.9. The molecule has 4 aliphatic heterocycles. The molecule has 0 saturated carbocycles. The fourth-order valence-corrected chi connectivity index (χ4v) is 7.40. The van der Waals surface area contributed by atoms with Crippen LogP contribution in [0.4, 0.5) is 11.4 Å². The Labute approximate surface area is 305 Å². The summed E-state index contributed by atoms with van der Waals surface area (Å²) in [5.41, 5.74) is 14.9. The molecule has 4 fully saturated rings. The van der Waals surface area contributed by atoms with Crippen LogP contribution in [-0.4, -0.2) is 113 Å². The van der Waals surface area contributed by atoms with Crippen molar-refractivity contribution in [2.45, 2.75) is 70.6 Å². The SMILES string of the molecule is C=C1C[C@@H](C2OCCO2)N(C(=O)c2cc(OC)c(OCCCCCOc3cc(N)c(C(=O)N4CC(C)(C)C[C@H]4C4OCCO4)cc3OC)cc2N)C1. The number of nitrogen functional groups attached to an aromatic ring is 2. The highest BCUT2D eigenvalue weighted by Gasteiger charge is 2.46. The molecule has 0 aliphatic carbocycles. The standard InChI is InChI=1S/C38H52N4O10/c1-23-15-28(36-49-11-12-50-36)41(21-23)34(43)24-16-30(45-4)32(18-26(24)39)47-9-7-6-8-10-48-33-19-27(40)25(17-31(33)46-5)35(44)42-22-38(2,3)20-29(42)37-51-13-14-52-37/h16-19,28-29,36-37H,1,6-15,20-22,39-40H2,2-5H3/t28-,29-/m0/s1. The van der Waals surface area contributed by atoms with Gasteiger partial charge in [0.05, 0.1) is 77.1 Å². The van der Waals surface area contributed by atoms with Gasteiger partial charge >= 0.3 is 0 Å². The lowest BCUT2D eigenvalue weighted by Crippen LogP contribution is -2.43. The lowest BCUT2D eigenvalue weighted by Gasteiger charge is -2.28. The number of hydrogen-bond donors (Lipinski definition) is 2. The van der Waals surface area contributed by atoms with E-state index in [0.717, 1.165) is 31.3 Å². The van der Waals surface area contributed by atoms with E-state index in [1.807, 2.05) is 4.90 Å². The van der Waals surface area contributed by atoms with Gasteiger partial charge in [-0.25, -0.2) is 0 Å². The van der Waals surface area contributed by atoms with Crippen molar-refractivity contribution in [3.05, 3.63) is 47.5 Å². The second-order valence-electron chi connectivity index (χ2n) is 14.5. The number of ether oxygens (including phenoxy) is 8. The Kier molecular flexibility index (Phi) is 11.7. The molecule has 0 radical (unpaired) electrons. The molecule has 0 aromatic heterocycles. The van der Waals surface area contributed by atoms with Crippen LogP contribution in [-0.2, 0) is 18.9 Å². The Morgan fingerprint density at radius 1 is 0.750 bits per heavy atom. The molecule has 2 aromatic carbocycles. The van der Waals surface area contributed by atoms with Crippen LogP contribution in [0.25, 0.3) is 0 Å². The highest BCUT2D eigenvalue weighted by Crippen LogP contribution is 2.40. The summed E-state index contributed by atoms with van der Waals surface area (Å²) >= 11 is 0. The lowest BCUT2D eigenvalue weighted by atomic mass is 9.90. The van der Waals surface area contributed by atoms with Crippen LogP contribution in [0.5, 0.6) is 23.0 Å². The predicted octanol–water partition coefficient (Wildman–Crippen LogP) is 4.25. The number of unbranched alkanes of at least 4 members (excludes halogenated alkanes) is 2. The molecule has 2 atom stereocenters. The smallest absolute Gasteiger partial charge is 0.256 e. The minimum atomic E-state index is -0.481. The van der Waals surface area contributed by atoms with Gasteiger partial charge in [0.1, 0.15) is 0 Å². The van der Waals surface area contributed by atoms with Crippen LogP contribution >= 0.6 is 0 Å². The number of methoxy groups -OCH3 is 2. The fraction of sp³-hybridized carbons (Fsp3) is 0.579. The van der Waals surface area contributed by atoms with E-state index >= 15 is 0 Å². The van der Waals surface area contributed by atoms with E-state index in [-0.39, 0.29) is 29.3 Å². The van der Waals surface area contributed by atoms with Crippen LogP contribution in [0.1, 0.15) is 66.7 Å². The fourth-order valence-electron chi connectivity index (χ4n) is 7.40. The molecule has 4 aliphatic rings. The molecule has 14 heteroatoms. The maximum atomic E-state index is 13.8. The number of carbonyl (C=O) groups is 2. The van der Waals surface area contributed by atoms with Gasteiger partial charge in [0.2, 0.25) is 0 Å². The van der Waals surface area contributed by atoms with Crippen molar-refractivity contribution < 1.29 is 47.5 Å². The summed E-state index contributed by atoms with van der Waals surface area (Å²) in [7, 11) is 3.06. The Hall–Kier alpha value is -4.24. The van der Waals surface area contributed by atoms with Crippen LogP contribution in [0.2, 0.25) is 0 Å². The largest absolute Gasteiger partial charge is 0.493 e. The van der Waals surface area contributed by atoms with Crippen molar-refractivity contribution in [2.24, 2.45) is 5.41 Å². The van der Waals surface area contributed by atoms with E-state index in [1.54, 1.807) is 29.2 Å². The van der Waals surface area contributed by atoms with Gasteiger partial charge in [0.15, 0.2) is 35.6 Å². The van der Waals surface area contributed by atoms with E-state index in [1.165, 1.54) is 14.2 Å². The summed E-state index contributed by atoms with van der Waals surface area (Å²) in [5, 5.41) is 0. The molecule has 2 amide bonds. The maximum Gasteiger partial charge on any atom is 0.256 e. The van der Waals surface area contributed by atoms with Crippen molar-refractivity contribution in [2.75, 3.05) is 78.4 Å². The van der Waals surface area contributed by atoms with E-state index in [9.17, 15) is 9.59 Å². The summed E-state index contributed by atoms with van der Waals surface area (Å²) in [6.45, 7) is 12.2. The number of hydrogen-bond acceptors (Lipinski definition) is 12. The minimum Gasteiger partial charge on any atom is -0.493 e. The van der Waals surface area contributed by atoms with Crippen molar-refractivity contribution in [1.82, 2.24) is 9.80 Å². The predicted molar refractivity (Wildman–Crippen MR) is 193 cm³/mol. The number of nitrogens with zero attached hydrogens (tertiary/aromatic N) is 2. The average Bonchev–Trinajstić information content (AvgIpc) is 3.95. The number of carbonyl (C=O) groups excluding carboxylic acids is 2. The van der Waals surface area contributed by atoms with Gasteiger partial charge in [-0.2, -0.15) is 0 Å². The second kappa shape index (κ2) is 16.2. The molecule has 4 saturated heterocycles. The molecular weight excluding hydrogens is 672 g/mol. The van der Waals surface area contributed by atoms with Gasteiger partial charge in [-0.05, 0) is 49.7 Å². The molecule has 0 unspecified atom stereocenters. The van der Waals surface area contributed by atoms with Gasteiger partial charge in [-0.15, -0.1) is 0 Å². The Bertz CT molecular complexity index is 1620. The van der Waals surface area contributed by atoms with Crippen molar-refractivity contribution in [3.63, 3.8) is 0 Å². The molecule has 2 aromatic rings. The molecule has 6 rings (SSSR count). The van der Waals surface area contributed by atoms with Crippen LogP contribution in [0.3, 0.4) is 0 Å². The maximum absolute atomic E-state index is 13.8. The quantitative estimate of drug-likeness (QED) is 0.162. The van der Waals surface area contributed by atoms with Gasteiger partial charge in [0, 0.05) is 36.6 Å². The monoisotopic (exact) mass is 724 g/mol. The third-order valence-electron chi connectivity index (χ3n) is 9.93. The van der Waals surface area contributed by atoms with Crippen LogP contribution in [0, 0.1) is 5.41 Å². The highest BCUT2D eigenvalue weighted by atomic mass is 16.7. The van der Waals surface area contributed by atoms with Crippen LogP contribution < -0.4 is 30.4 Å². The zero-order chi connectivity index (χ0) is 37.0. The number of benzene rings is 2. The van der Waals surface area contributed by atoms with Gasteiger partial charge in [-0.3, -0.25) is 9.59 Å². The van der Waals surface area contributed by atoms with E-state index < -0.39 is 12.6 Å². The molecule has 14 nitrogen and oxygen atoms in total. The summed E-state index contributed by atoms with van der Waals surface area (Å²) in [6.07, 6.45) is 2.74. The van der Waals surface area contributed by atoms with Crippen LogP contribution in [0.15, 0.2) is 36.4 Å². The molecule has 4 N–H and O–H groups in total. The van der Waals surface area contributed by atoms with E-state index in [0.29, 0.717) is 105 Å². The number of anilines is 2. The number of likely N-dealkylation sites (tertiary alicyclic amines) is 2. The van der Waals surface area contributed by atoms with Crippen molar-refractivity contribution in [3.8, 4) is 23.0 Å². The first-order valence-corrected chi connectivity index (χ1v) is 17.9. The number of rotatable bonds is 14. The first kappa shape index (κ1) is 37.5. The summed E-state index contributed by atoms with van der Waals surface area (Å²) in [6, 6.07) is 6.09. The lowest BCUT2D eigenvalue weighted by molar-refractivity contribution is -0.0842. The van der Waals surface area contributed by atoms with E-state index in [2.05, 4.69) is 20.4 Å². The Balaban J connectivity index is 0.991. The third-order valence-corrected chi connectivity index (χ3v) is 9.93. The Morgan fingerprint density at radius 2 is 1.23 bits per heavy atom. The molecule has 0 bridgehead atoms. The summed E-state index contributed by atoms with van der Waals surface area (Å²) in [5.74, 6) is 1.35. The zero-order valence-corrected chi connectivity index (χ0v) is 30.6. The van der Waals surface area contributed by atoms with Gasteiger partial charge in [-0.1, -0.05) is 26.0 Å². The molecule has 0 spiro atoms. The molecular formula is C38H52N4O10. The molecule has 4 heterocycles.